The zero-order valence-corrected chi connectivity index (χ0v) is 43.6. The van der Waals surface area contributed by atoms with Gasteiger partial charge in [0.15, 0.2) is 11.9 Å². The van der Waals surface area contributed by atoms with Crippen LogP contribution in [0.2, 0.25) is 0 Å². The van der Waals surface area contributed by atoms with Crippen LogP contribution in [-0.4, -0.2) is 104 Å². The molecule has 0 saturated carbocycles. The minimum atomic E-state index is -4.94. The fraction of sp³-hybridized carbons (Fsp3) is 0.255. The number of aliphatic hydroxyl groups is 4. The molecule has 6 aromatic heterocycles. The van der Waals surface area contributed by atoms with Crippen molar-refractivity contribution in [2.24, 2.45) is 0 Å². The minimum Gasteiger partial charge on any atom is -0.507 e. The van der Waals surface area contributed by atoms with Gasteiger partial charge in [-0.25, -0.2) is 9.36 Å². The van der Waals surface area contributed by atoms with E-state index in [1.54, 1.807) is 43.7 Å². The number of benzene rings is 1. The van der Waals surface area contributed by atoms with E-state index in [0.717, 1.165) is 75.4 Å². The Hall–Kier alpha value is -5.64. The molecule has 0 aliphatic heterocycles. The van der Waals surface area contributed by atoms with Crippen LogP contribution in [0, 0.1) is 74.6 Å². The molecule has 0 spiro atoms. The monoisotopic (exact) mass is 1260 g/mol. The van der Waals surface area contributed by atoms with Crippen LogP contribution in [0.15, 0.2) is 107 Å². The maximum atomic E-state index is 11.8. The molecule has 1 unspecified atom stereocenters. The number of halogens is 9. The van der Waals surface area contributed by atoms with Gasteiger partial charge in [0.25, 0.3) is 23.5 Å². The smallest absolute Gasteiger partial charge is 0.507 e. The molecule has 1 aromatic carbocycles. The number of hydrogen-bond acceptors (Lipinski definition) is 15. The Bertz CT molecular complexity index is 2850. The molecule has 1 radical (unpaired) electrons. The van der Waals surface area contributed by atoms with Crippen molar-refractivity contribution in [3.05, 3.63) is 145 Å². The first kappa shape index (κ1) is 62.7. The summed E-state index contributed by atoms with van der Waals surface area (Å²) in [6.45, 7) is 14.1. The number of hydrogen-bond donors (Lipinski definition) is 4. The zero-order valence-electron chi connectivity index (χ0n) is 39.5. The summed E-state index contributed by atoms with van der Waals surface area (Å²) in [5, 5.41) is 49.8. The van der Waals surface area contributed by atoms with Crippen LogP contribution in [0.25, 0.3) is 40.6 Å². The van der Waals surface area contributed by atoms with Crippen molar-refractivity contribution >= 4 is 68.5 Å². The van der Waals surface area contributed by atoms with Gasteiger partial charge in [0, 0.05) is 47.9 Å². The molecule has 14 nitrogen and oxygen atoms in total. The number of carbonyl (C=O) groups excluding carboxylic acids is 2. The quantitative estimate of drug-likeness (QED) is 0.0515. The number of nitrogens with zero attached hydrogens (tertiary/aromatic N) is 8. The second kappa shape index (κ2) is 27.8. The second-order valence-electron chi connectivity index (χ2n) is 14.9. The molecule has 0 aliphatic carbocycles. The van der Waals surface area contributed by atoms with Crippen molar-refractivity contribution in [2.45, 2.75) is 66.2 Å². The van der Waals surface area contributed by atoms with Crippen molar-refractivity contribution < 1.29 is 116 Å². The maximum Gasteiger partial charge on any atom is 3.00 e. The predicted octanol–water partition coefficient (Wildman–Crippen LogP) is 12.1. The van der Waals surface area contributed by atoms with E-state index in [4.69, 9.17) is 35.4 Å². The Morgan fingerprint density at radius 3 is 1.30 bits per heavy atom. The molecule has 0 amide bonds. The number of ketones is 2. The number of rotatable bonds is 12. The van der Waals surface area contributed by atoms with Gasteiger partial charge in [-0.2, -0.15) is 64.7 Å². The summed E-state index contributed by atoms with van der Waals surface area (Å²) in [7, 11) is 0. The molecule has 0 saturated heterocycles. The van der Waals surface area contributed by atoms with Crippen LogP contribution in [0.4, 0.5) is 45.2 Å². The number of aliphatic hydroxyl groups excluding tert-OH is 4. The normalized spacial score (nSPS) is 12.5. The average Bonchev–Trinajstić information content (AvgIpc) is 4.19. The van der Waals surface area contributed by atoms with Gasteiger partial charge in [-0.3, -0.25) is 9.59 Å². The topological polar surface area (TPSA) is 193 Å². The molecular weight excluding hydrogens is 1210 g/mol. The van der Waals surface area contributed by atoms with Crippen molar-refractivity contribution in [1.82, 2.24) is 34.5 Å². The number of aryl methyl sites for hydroxylation is 4. The van der Waals surface area contributed by atoms with Gasteiger partial charge in [-0.05, 0) is 118 Å². The molecule has 1 atom stereocenters. The summed E-state index contributed by atoms with van der Waals surface area (Å²) in [5.41, 5.74) is 5.85. The molecule has 7 rings (SSSR count). The second-order valence-corrected chi connectivity index (χ2v) is 17.8. The van der Waals surface area contributed by atoms with E-state index in [-0.39, 0.29) is 73.7 Å². The SMILES string of the molecule is CCN(CC)c1ccc(-c2nc(-n3nc(C)cc3C)nc(-n3nc(C)cc3C)n2)cc1.O=C(C=C(O)c1cccs1)C(F)(F)F.O=C(C=C(O)c1cccs1)C(F)(F)F.OC(=CC(O)C(F)(F)F)c1cccs1.[Yb+3]. The molecule has 27 heteroatoms. The molecule has 7 aromatic rings. The van der Waals surface area contributed by atoms with Crippen molar-refractivity contribution in [3.8, 4) is 23.3 Å². The summed E-state index contributed by atoms with van der Waals surface area (Å²) in [6, 6.07) is 21.3. The van der Waals surface area contributed by atoms with Crippen LogP contribution in [0.3, 0.4) is 0 Å². The summed E-state index contributed by atoms with van der Waals surface area (Å²) >= 11 is 3.18. The first-order valence-corrected chi connectivity index (χ1v) is 23.8. The van der Waals surface area contributed by atoms with Crippen molar-refractivity contribution in [3.63, 3.8) is 0 Å². The Balaban J connectivity index is 0.000000283. The Morgan fingerprint density at radius 2 is 1.00 bits per heavy atom. The number of anilines is 1. The standard InChI is InChI=1S/C23H28N8.C8H7F3O2S.2C8H5F3O2S.Yb/c1-7-29(8-2)20-11-9-19(10-12-20)21-24-22(30-17(5)13-15(3)27-30)26-23(25-21)31-18(6)14-16(4)28-31;3*9-8(10,11)7(13)4-5(12)6-2-1-3-14-6;/h9-14H,7-8H2,1-6H3;1-4,7,12-13H;2*1-4,12H;/q;;;;+3. The minimum absolute atomic E-state index is 0. The van der Waals surface area contributed by atoms with E-state index in [0.29, 0.717) is 23.8 Å². The molecule has 0 fully saturated rings. The Kier molecular flexibility index (Phi) is 23.5. The maximum absolute atomic E-state index is 11.8. The van der Waals surface area contributed by atoms with Crippen molar-refractivity contribution in [2.75, 3.05) is 18.0 Å². The van der Waals surface area contributed by atoms with Gasteiger partial charge < -0.3 is 25.3 Å². The largest absolute Gasteiger partial charge is 3.00 e. The van der Waals surface area contributed by atoms with Gasteiger partial charge in [0.2, 0.25) is 0 Å². The van der Waals surface area contributed by atoms with Gasteiger partial charge in [-0.15, -0.1) is 34.0 Å². The number of aromatic nitrogens is 7. The summed E-state index contributed by atoms with van der Waals surface area (Å²) in [4.78, 5) is 38.1. The third kappa shape index (κ3) is 18.6. The molecular formula is C47H45F9N8O6S3Yb+3. The van der Waals surface area contributed by atoms with Crippen LogP contribution >= 0.6 is 34.0 Å². The van der Waals surface area contributed by atoms with E-state index < -0.39 is 53.5 Å². The van der Waals surface area contributed by atoms with Crippen molar-refractivity contribution in [1.29, 1.82) is 0 Å². The fourth-order valence-corrected chi connectivity index (χ4v) is 7.83. The van der Waals surface area contributed by atoms with Gasteiger partial charge >= 0.3 is 65.5 Å². The fourth-order valence-electron chi connectivity index (χ4n) is 5.90. The van der Waals surface area contributed by atoms with E-state index in [1.165, 1.54) is 23.9 Å². The van der Waals surface area contributed by atoms with Gasteiger partial charge in [0.1, 0.15) is 17.3 Å². The first-order valence-electron chi connectivity index (χ1n) is 21.1. The molecule has 401 valence electrons. The summed E-state index contributed by atoms with van der Waals surface area (Å²) < 4.78 is 110. The number of thiophene rings is 3. The number of carbonyl (C=O) groups is 2. The average molecular weight is 1260 g/mol. The molecule has 0 bridgehead atoms. The van der Waals surface area contributed by atoms with Crippen LogP contribution in [0.1, 0.15) is 51.3 Å². The van der Waals surface area contributed by atoms with Crippen LogP contribution < -0.4 is 4.90 Å². The summed E-state index contributed by atoms with van der Waals surface area (Å²) in [6.07, 6.45) is -16.5. The number of allylic oxidation sites excluding steroid dienone is 2. The molecule has 0 aliphatic rings. The first-order chi connectivity index (χ1) is 34.1. The number of alkyl halides is 9. The third-order valence-electron chi connectivity index (χ3n) is 9.33. The van der Waals surface area contributed by atoms with E-state index in [1.807, 2.05) is 39.8 Å². The predicted molar refractivity (Wildman–Crippen MR) is 261 cm³/mol. The third-order valence-corrected chi connectivity index (χ3v) is 12.0. The zero-order chi connectivity index (χ0) is 54.4. The van der Waals surface area contributed by atoms with Gasteiger partial charge in [0.05, 0.1) is 26.0 Å². The van der Waals surface area contributed by atoms with Crippen LogP contribution in [-0.2, 0) is 9.59 Å². The van der Waals surface area contributed by atoms with E-state index >= 15 is 0 Å². The Morgan fingerprint density at radius 1 is 0.622 bits per heavy atom. The Labute approximate surface area is 467 Å². The molecule has 6 heterocycles. The molecule has 74 heavy (non-hydrogen) atoms. The summed E-state index contributed by atoms with van der Waals surface area (Å²) in [5.74, 6) is -4.48. The van der Waals surface area contributed by atoms with Gasteiger partial charge in [-0.1, -0.05) is 18.2 Å². The van der Waals surface area contributed by atoms with Crippen LogP contribution in [0.5, 0.6) is 0 Å². The van der Waals surface area contributed by atoms with E-state index in [9.17, 15) is 49.1 Å². The molecule has 4 N–H and O–H groups in total. The van der Waals surface area contributed by atoms with E-state index in [2.05, 4.69) is 53.2 Å².